The standard InChI is InChI=1S/C17H33NO2/c1-6-17(7-2,11-18)16(19)20-15-10-13(5)8-9-14(15)12(3)4/h12-15H,6-11,18H2,1-5H3. The zero-order chi connectivity index (χ0) is 15.3. The molecule has 1 aliphatic rings. The van der Waals surface area contributed by atoms with E-state index in [-0.39, 0.29) is 12.1 Å². The molecule has 0 spiro atoms. The van der Waals surface area contributed by atoms with Gasteiger partial charge in [0.05, 0.1) is 5.41 Å². The van der Waals surface area contributed by atoms with Crippen molar-refractivity contribution in [1.29, 1.82) is 0 Å². The fraction of sp³-hybridized carbons (Fsp3) is 0.941. The van der Waals surface area contributed by atoms with E-state index in [1.807, 2.05) is 13.8 Å². The van der Waals surface area contributed by atoms with Crippen molar-refractivity contribution in [2.75, 3.05) is 6.54 Å². The molecule has 1 rings (SSSR count). The van der Waals surface area contributed by atoms with Crippen molar-refractivity contribution in [3.8, 4) is 0 Å². The number of esters is 1. The summed E-state index contributed by atoms with van der Waals surface area (Å²) in [5.74, 6) is 1.64. The van der Waals surface area contributed by atoms with Gasteiger partial charge in [0.2, 0.25) is 0 Å². The lowest BCUT2D eigenvalue weighted by Gasteiger charge is -2.39. The molecule has 0 aromatic carbocycles. The zero-order valence-electron chi connectivity index (χ0n) is 13.9. The van der Waals surface area contributed by atoms with Crippen molar-refractivity contribution in [3.63, 3.8) is 0 Å². The molecule has 0 bridgehead atoms. The summed E-state index contributed by atoms with van der Waals surface area (Å²) < 4.78 is 5.95. The van der Waals surface area contributed by atoms with Crippen molar-refractivity contribution < 1.29 is 9.53 Å². The van der Waals surface area contributed by atoms with Gasteiger partial charge in [-0.3, -0.25) is 4.79 Å². The average Bonchev–Trinajstić information content (AvgIpc) is 2.41. The van der Waals surface area contributed by atoms with Crippen LogP contribution in [0, 0.1) is 23.2 Å². The third kappa shape index (κ3) is 3.75. The highest BCUT2D eigenvalue weighted by atomic mass is 16.5. The van der Waals surface area contributed by atoms with E-state index in [9.17, 15) is 4.79 Å². The van der Waals surface area contributed by atoms with Crippen LogP contribution in [-0.2, 0) is 9.53 Å². The highest BCUT2D eigenvalue weighted by Gasteiger charge is 2.40. The highest BCUT2D eigenvalue weighted by molar-refractivity contribution is 5.77. The molecule has 3 unspecified atom stereocenters. The van der Waals surface area contributed by atoms with Gasteiger partial charge in [-0.25, -0.2) is 0 Å². The average molecular weight is 283 g/mol. The van der Waals surface area contributed by atoms with Crippen LogP contribution in [0.1, 0.15) is 66.7 Å². The van der Waals surface area contributed by atoms with Gasteiger partial charge in [-0.1, -0.05) is 41.0 Å². The molecule has 0 aromatic rings. The summed E-state index contributed by atoms with van der Waals surface area (Å²) in [6.07, 6.45) is 5.02. The van der Waals surface area contributed by atoms with Crippen LogP contribution >= 0.6 is 0 Å². The molecule has 3 heteroatoms. The smallest absolute Gasteiger partial charge is 0.313 e. The second-order valence-corrected chi connectivity index (χ2v) is 6.96. The van der Waals surface area contributed by atoms with E-state index in [1.54, 1.807) is 0 Å². The first-order chi connectivity index (χ1) is 9.40. The number of nitrogens with two attached hydrogens (primary N) is 1. The predicted molar refractivity (Wildman–Crippen MR) is 83.3 cm³/mol. The van der Waals surface area contributed by atoms with Crippen LogP contribution in [0.15, 0.2) is 0 Å². The first kappa shape index (κ1) is 17.5. The maximum Gasteiger partial charge on any atom is 0.313 e. The Balaban J connectivity index is 2.79. The molecule has 0 amide bonds. The molecule has 0 aliphatic heterocycles. The second-order valence-electron chi connectivity index (χ2n) is 6.96. The minimum atomic E-state index is -0.484. The van der Waals surface area contributed by atoms with Crippen molar-refractivity contribution in [2.24, 2.45) is 28.9 Å². The molecule has 3 atom stereocenters. The van der Waals surface area contributed by atoms with E-state index in [0.29, 0.717) is 24.3 Å². The molecule has 2 N–H and O–H groups in total. The maximum absolute atomic E-state index is 12.6. The number of hydrogen-bond acceptors (Lipinski definition) is 3. The molecule has 0 aromatic heterocycles. The van der Waals surface area contributed by atoms with E-state index < -0.39 is 5.41 Å². The highest BCUT2D eigenvalue weighted by Crippen LogP contribution is 2.37. The van der Waals surface area contributed by atoms with E-state index in [4.69, 9.17) is 10.5 Å². The van der Waals surface area contributed by atoms with E-state index in [0.717, 1.165) is 19.3 Å². The van der Waals surface area contributed by atoms with Gasteiger partial charge >= 0.3 is 5.97 Å². The topological polar surface area (TPSA) is 52.3 Å². The Kier molecular flexibility index (Phi) is 6.50. The summed E-state index contributed by atoms with van der Waals surface area (Å²) in [5.41, 5.74) is 5.37. The zero-order valence-corrected chi connectivity index (χ0v) is 13.9. The summed E-state index contributed by atoms with van der Waals surface area (Å²) in [6, 6.07) is 0. The van der Waals surface area contributed by atoms with Crippen molar-refractivity contribution in [2.45, 2.75) is 72.8 Å². The number of ether oxygens (including phenoxy) is 1. The minimum Gasteiger partial charge on any atom is -0.462 e. The number of hydrogen-bond donors (Lipinski definition) is 1. The van der Waals surface area contributed by atoms with Crippen LogP contribution in [0.3, 0.4) is 0 Å². The number of carbonyl (C=O) groups is 1. The van der Waals surface area contributed by atoms with Gasteiger partial charge in [-0.2, -0.15) is 0 Å². The summed E-state index contributed by atoms with van der Waals surface area (Å²) in [4.78, 5) is 12.6. The Bertz CT molecular complexity index is 302. The van der Waals surface area contributed by atoms with Gasteiger partial charge in [-0.15, -0.1) is 0 Å². The molecule has 0 saturated heterocycles. The lowest BCUT2D eigenvalue weighted by Crippen LogP contribution is -2.44. The quantitative estimate of drug-likeness (QED) is 0.755. The second kappa shape index (κ2) is 7.44. The summed E-state index contributed by atoms with van der Waals surface area (Å²) in [7, 11) is 0. The molecule has 1 fully saturated rings. The molecule has 3 nitrogen and oxygen atoms in total. The van der Waals surface area contributed by atoms with E-state index >= 15 is 0 Å². The Hall–Kier alpha value is -0.570. The molecular formula is C17H33NO2. The summed E-state index contributed by atoms with van der Waals surface area (Å²) in [5, 5.41) is 0. The Morgan fingerprint density at radius 1 is 1.30 bits per heavy atom. The third-order valence-electron chi connectivity index (χ3n) is 5.40. The van der Waals surface area contributed by atoms with Crippen LogP contribution in [0.4, 0.5) is 0 Å². The van der Waals surface area contributed by atoms with E-state index in [2.05, 4.69) is 20.8 Å². The Morgan fingerprint density at radius 2 is 1.90 bits per heavy atom. The van der Waals surface area contributed by atoms with Crippen LogP contribution in [0.5, 0.6) is 0 Å². The van der Waals surface area contributed by atoms with E-state index in [1.165, 1.54) is 12.8 Å². The van der Waals surface area contributed by atoms with Crippen LogP contribution in [0.2, 0.25) is 0 Å². The summed E-state index contributed by atoms with van der Waals surface area (Å²) >= 11 is 0. The largest absolute Gasteiger partial charge is 0.462 e. The Labute approximate surface area is 124 Å². The van der Waals surface area contributed by atoms with Gasteiger partial charge in [0, 0.05) is 6.54 Å². The maximum atomic E-state index is 12.6. The SMILES string of the molecule is CCC(CC)(CN)C(=O)OC1CC(C)CCC1C(C)C. The number of rotatable bonds is 6. The lowest BCUT2D eigenvalue weighted by molar-refractivity contribution is -0.168. The van der Waals surface area contributed by atoms with Gasteiger partial charge in [-0.05, 0) is 43.4 Å². The molecular weight excluding hydrogens is 250 g/mol. The molecule has 0 radical (unpaired) electrons. The molecule has 0 heterocycles. The van der Waals surface area contributed by atoms with Gasteiger partial charge in [0.25, 0.3) is 0 Å². The number of carbonyl (C=O) groups excluding carboxylic acids is 1. The fourth-order valence-corrected chi connectivity index (χ4v) is 3.42. The van der Waals surface area contributed by atoms with Crippen molar-refractivity contribution in [3.05, 3.63) is 0 Å². The lowest BCUT2D eigenvalue weighted by atomic mass is 9.75. The monoisotopic (exact) mass is 283 g/mol. The van der Waals surface area contributed by atoms with Crippen LogP contribution < -0.4 is 5.73 Å². The molecule has 1 saturated carbocycles. The van der Waals surface area contributed by atoms with Crippen molar-refractivity contribution >= 4 is 5.97 Å². The minimum absolute atomic E-state index is 0.0743. The van der Waals surface area contributed by atoms with Gasteiger partial charge < -0.3 is 10.5 Å². The fourth-order valence-electron chi connectivity index (χ4n) is 3.42. The van der Waals surface area contributed by atoms with Crippen LogP contribution in [-0.4, -0.2) is 18.6 Å². The Morgan fingerprint density at radius 3 is 2.35 bits per heavy atom. The van der Waals surface area contributed by atoms with Gasteiger partial charge in [0.1, 0.15) is 6.10 Å². The van der Waals surface area contributed by atoms with Crippen molar-refractivity contribution in [1.82, 2.24) is 0 Å². The summed E-state index contributed by atoms with van der Waals surface area (Å²) in [6.45, 7) is 11.2. The first-order valence-corrected chi connectivity index (χ1v) is 8.31. The third-order valence-corrected chi connectivity index (χ3v) is 5.40. The molecule has 1 aliphatic carbocycles. The van der Waals surface area contributed by atoms with Crippen LogP contribution in [0.25, 0.3) is 0 Å². The molecule has 20 heavy (non-hydrogen) atoms. The normalized spacial score (nSPS) is 27.6. The van der Waals surface area contributed by atoms with Gasteiger partial charge in [0.15, 0.2) is 0 Å². The predicted octanol–water partition coefficient (Wildman–Crippen LogP) is 3.76. The first-order valence-electron chi connectivity index (χ1n) is 8.31. The molecule has 118 valence electrons.